The lowest BCUT2D eigenvalue weighted by Gasteiger charge is -2.26. The fraction of sp³-hybridized carbons (Fsp3) is 0.367. The molecule has 3 aromatic rings. The number of primary amides is 1. The van der Waals surface area contributed by atoms with Crippen LogP contribution in [0.1, 0.15) is 37.8 Å². The van der Waals surface area contributed by atoms with Gasteiger partial charge < -0.3 is 42.6 Å². The van der Waals surface area contributed by atoms with Crippen molar-refractivity contribution < 1.29 is 34.2 Å². The highest BCUT2D eigenvalue weighted by Gasteiger charge is 2.32. The molecule has 0 saturated heterocycles. The minimum Gasteiger partial charge on any atom is -0.508 e. The minimum absolute atomic E-state index is 0.0101. The van der Waals surface area contributed by atoms with E-state index in [0.717, 1.165) is 10.9 Å². The van der Waals surface area contributed by atoms with Crippen molar-refractivity contribution in [1.82, 2.24) is 20.9 Å². The molecule has 13 nitrogen and oxygen atoms in total. The first kappa shape index (κ1) is 32.6. The largest absolute Gasteiger partial charge is 0.508 e. The lowest BCUT2D eigenvalue weighted by atomic mass is 10.00. The van der Waals surface area contributed by atoms with Crippen molar-refractivity contribution >= 4 is 40.5 Å². The highest BCUT2D eigenvalue weighted by molar-refractivity contribution is 5.95. The van der Waals surface area contributed by atoms with Crippen molar-refractivity contribution in [1.29, 1.82) is 0 Å². The molecule has 43 heavy (non-hydrogen) atoms. The molecular weight excluding hydrogens is 556 g/mol. The number of amides is 4. The number of rotatable bonds is 15. The number of aromatic nitrogens is 1. The number of carboxylic acid groups (broad SMARTS) is 1. The van der Waals surface area contributed by atoms with E-state index in [0.29, 0.717) is 11.1 Å². The molecule has 230 valence electrons. The Hall–Kier alpha value is -4.91. The third kappa shape index (κ3) is 9.30. The number of phenolic OH excluding ortho intramolecular Hbond substituents is 1. The summed E-state index contributed by atoms with van der Waals surface area (Å²) in [7, 11) is 0. The van der Waals surface area contributed by atoms with E-state index in [4.69, 9.17) is 11.5 Å². The maximum absolute atomic E-state index is 13.7. The molecule has 1 heterocycles. The molecule has 0 fully saturated rings. The minimum atomic E-state index is -1.22. The summed E-state index contributed by atoms with van der Waals surface area (Å²) >= 11 is 0. The van der Waals surface area contributed by atoms with Crippen LogP contribution >= 0.6 is 0 Å². The second-order valence-electron chi connectivity index (χ2n) is 10.7. The Labute approximate surface area is 248 Å². The number of hydrogen-bond donors (Lipinski definition) is 8. The number of benzene rings is 2. The van der Waals surface area contributed by atoms with E-state index in [2.05, 4.69) is 20.9 Å². The van der Waals surface area contributed by atoms with Crippen LogP contribution in [0.25, 0.3) is 10.9 Å². The number of carbonyl (C=O) groups is 5. The van der Waals surface area contributed by atoms with Gasteiger partial charge in [-0.15, -0.1) is 0 Å². The molecule has 13 heteroatoms. The fourth-order valence-electron chi connectivity index (χ4n) is 4.55. The Balaban J connectivity index is 1.90. The number of phenols is 1. The second-order valence-corrected chi connectivity index (χ2v) is 10.7. The van der Waals surface area contributed by atoms with Gasteiger partial charge in [-0.1, -0.05) is 44.2 Å². The second kappa shape index (κ2) is 14.8. The van der Waals surface area contributed by atoms with Crippen LogP contribution in [0.2, 0.25) is 0 Å². The Bertz CT molecular complexity index is 1450. The smallest absolute Gasteiger partial charge is 0.326 e. The van der Waals surface area contributed by atoms with Gasteiger partial charge in [0.2, 0.25) is 23.6 Å². The zero-order valence-corrected chi connectivity index (χ0v) is 24.0. The number of hydrogen-bond acceptors (Lipinski definition) is 7. The molecule has 0 bridgehead atoms. The van der Waals surface area contributed by atoms with Gasteiger partial charge in [-0.3, -0.25) is 19.2 Å². The number of fused-ring (bicyclic) bond motifs is 1. The summed E-state index contributed by atoms with van der Waals surface area (Å²) in [5.41, 5.74) is 13.2. The van der Waals surface area contributed by atoms with E-state index in [1.807, 2.05) is 24.3 Å². The number of aromatic hydroxyl groups is 1. The zero-order chi connectivity index (χ0) is 31.7. The SMILES string of the molecule is CC(C)C(NC(=O)C(Cc1c[nH]c2ccccc12)NC(=O)C(Cc1ccc(O)cc1)NC(=O)C(N)CCC(N)=O)C(=O)O. The summed E-state index contributed by atoms with van der Waals surface area (Å²) in [4.78, 5) is 66.2. The highest BCUT2D eigenvalue weighted by atomic mass is 16.4. The third-order valence-electron chi connectivity index (χ3n) is 7.01. The van der Waals surface area contributed by atoms with Crippen LogP contribution < -0.4 is 27.4 Å². The Morgan fingerprint density at radius 1 is 0.860 bits per heavy atom. The van der Waals surface area contributed by atoms with Gasteiger partial charge in [0.1, 0.15) is 23.9 Å². The first-order valence-electron chi connectivity index (χ1n) is 13.9. The van der Waals surface area contributed by atoms with Crippen molar-refractivity contribution in [3.63, 3.8) is 0 Å². The molecule has 0 aliphatic rings. The number of para-hydroxylation sites is 1. The average Bonchev–Trinajstić information content (AvgIpc) is 3.37. The van der Waals surface area contributed by atoms with Crippen LogP contribution in [0, 0.1) is 5.92 Å². The van der Waals surface area contributed by atoms with Gasteiger partial charge in [0.25, 0.3) is 0 Å². The first-order valence-corrected chi connectivity index (χ1v) is 13.9. The lowest BCUT2D eigenvalue weighted by Crippen LogP contribution is -2.58. The molecule has 3 rings (SSSR count). The molecule has 0 aliphatic heterocycles. The van der Waals surface area contributed by atoms with Crippen molar-refractivity contribution in [2.75, 3.05) is 0 Å². The van der Waals surface area contributed by atoms with E-state index in [9.17, 15) is 34.2 Å². The number of carboxylic acids is 1. The van der Waals surface area contributed by atoms with Gasteiger partial charge in [0.15, 0.2) is 0 Å². The van der Waals surface area contributed by atoms with Crippen LogP contribution in [0.15, 0.2) is 54.7 Å². The van der Waals surface area contributed by atoms with Crippen LogP contribution in [-0.4, -0.2) is 69.0 Å². The lowest BCUT2D eigenvalue weighted by molar-refractivity contribution is -0.143. The molecule has 0 aliphatic carbocycles. The summed E-state index contributed by atoms with van der Waals surface area (Å²) in [6, 6.07) is 8.63. The summed E-state index contributed by atoms with van der Waals surface area (Å²) in [6.07, 6.45) is 1.54. The summed E-state index contributed by atoms with van der Waals surface area (Å²) in [5.74, 6) is -4.42. The Morgan fingerprint density at radius 2 is 1.47 bits per heavy atom. The zero-order valence-electron chi connectivity index (χ0n) is 24.0. The first-order chi connectivity index (χ1) is 20.3. The van der Waals surface area contributed by atoms with E-state index in [-0.39, 0.29) is 31.4 Å². The fourth-order valence-corrected chi connectivity index (χ4v) is 4.55. The normalized spacial score (nSPS) is 14.0. The number of aromatic amines is 1. The number of nitrogens with two attached hydrogens (primary N) is 2. The number of aliphatic carboxylic acids is 1. The van der Waals surface area contributed by atoms with Crippen molar-refractivity contribution in [2.45, 2.75) is 63.7 Å². The molecule has 1 aromatic heterocycles. The van der Waals surface area contributed by atoms with Gasteiger partial charge in [-0.2, -0.15) is 0 Å². The van der Waals surface area contributed by atoms with Crippen molar-refractivity contribution in [3.8, 4) is 5.75 Å². The monoisotopic (exact) mass is 594 g/mol. The summed E-state index contributed by atoms with van der Waals surface area (Å²) in [6.45, 7) is 3.30. The molecule has 0 spiro atoms. The average molecular weight is 595 g/mol. The number of nitrogens with one attached hydrogen (secondary N) is 4. The number of H-pyrrole nitrogens is 1. The third-order valence-corrected chi connectivity index (χ3v) is 7.01. The predicted molar refractivity (Wildman–Crippen MR) is 158 cm³/mol. The highest BCUT2D eigenvalue weighted by Crippen LogP contribution is 2.20. The molecule has 10 N–H and O–H groups in total. The maximum atomic E-state index is 13.7. The van der Waals surface area contributed by atoms with E-state index < -0.39 is 59.7 Å². The van der Waals surface area contributed by atoms with Gasteiger partial charge in [0, 0.05) is 36.4 Å². The molecular formula is C30H38N6O7. The van der Waals surface area contributed by atoms with Gasteiger partial charge in [-0.25, -0.2) is 4.79 Å². The van der Waals surface area contributed by atoms with E-state index >= 15 is 0 Å². The topological polar surface area (TPSA) is 230 Å². The van der Waals surface area contributed by atoms with Crippen LogP contribution in [0.5, 0.6) is 5.75 Å². The standard InChI is InChI=1S/C30H38N6O7/c1-16(2)26(30(42)43)36-29(41)24(14-18-15-33-22-6-4-3-5-20(18)22)35-28(40)23(13-17-7-9-19(37)10-8-17)34-27(39)21(31)11-12-25(32)38/h3-10,15-16,21,23-24,26,33,37H,11-14,31H2,1-2H3,(H2,32,38)(H,34,39)(H,35,40)(H,36,41)(H,42,43). The van der Waals surface area contributed by atoms with Crippen LogP contribution in [0.3, 0.4) is 0 Å². The molecule has 0 radical (unpaired) electrons. The molecule has 2 aromatic carbocycles. The molecule has 4 atom stereocenters. The molecule has 4 unspecified atom stereocenters. The maximum Gasteiger partial charge on any atom is 0.326 e. The summed E-state index contributed by atoms with van der Waals surface area (Å²) in [5, 5.41) is 27.9. The van der Waals surface area contributed by atoms with E-state index in [1.54, 1.807) is 32.2 Å². The van der Waals surface area contributed by atoms with Gasteiger partial charge >= 0.3 is 5.97 Å². The van der Waals surface area contributed by atoms with Crippen molar-refractivity contribution in [2.24, 2.45) is 17.4 Å². The summed E-state index contributed by atoms with van der Waals surface area (Å²) < 4.78 is 0. The van der Waals surface area contributed by atoms with E-state index in [1.165, 1.54) is 12.1 Å². The molecule has 4 amide bonds. The van der Waals surface area contributed by atoms with Crippen LogP contribution in [-0.2, 0) is 36.8 Å². The number of carbonyl (C=O) groups excluding carboxylic acids is 4. The predicted octanol–water partition coefficient (Wildman–Crippen LogP) is 0.447. The Morgan fingerprint density at radius 3 is 2.09 bits per heavy atom. The van der Waals surface area contributed by atoms with Gasteiger partial charge in [0.05, 0.1) is 6.04 Å². The van der Waals surface area contributed by atoms with Gasteiger partial charge in [-0.05, 0) is 41.7 Å². The molecule has 0 saturated carbocycles. The van der Waals surface area contributed by atoms with Crippen LogP contribution in [0.4, 0.5) is 0 Å². The quantitative estimate of drug-likeness (QED) is 0.123. The van der Waals surface area contributed by atoms with Crippen molar-refractivity contribution in [3.05, 3.63) is 65.9 Å². The Kier molecular flexibility index (Phi) is 11.2.